The molecule has 0 aromatic heterocycles. The van der Waals surface area contributed by atoms with Gasteiger partial charge in [0.05, 0.1) is 0 Å². The predicted molar refractivity (Wildman–Crippen MR) is 165 cm³/mol. The summed E-state index contributed by atoms with van der Waals surface area (Å²) in [6.45, 7) is 11.9. The third-order valence-electron chi connectivity index (χ3n) is 8.02. The summed E-state index contributed by atoms with van der Waals surface area (Å²) in [6, 6.07) is 19.7. The molecule has 0 bridgehead atoms. The molecule has 0 radical (unpaired) electrons. The molecule has 204 valence electrons. The molecule has 2 aromatic carbocycles. The molecule has 4 aliphatic carbocycles. The Bertz CT molecular complexity index is 955. The standard InChI is InChI=1S/2C12H17.2C7H7.Zr/c2*1-10-6-5-9-12(10)11-7-3-2-4-8-11;2*1-7-5-3-2-4-6-7;/h2*9,11H,2-5,7-8H2,1H3;2*2-6H,1H2;/q4*-1;+4. The van der Waals surface area contributed by atoms with Crippen molar-refractivity contribution in [2.75, 3.05) is 0 Å². The second-order valence-electron chi connectivity index (χ2n) is 11.0. The number of hydrogen-bond acceptors (Lipinski definition) is 0. The van der Waals surface area contributed by atoms with E-state index in [1.807, 2.05) is 60.7 Å². The first-order valence-electron chi connectivity index (χ1n) is 14.8. The van der Waals surface area contributed by atoms with Crippen molar-refractivity contribution in [2.24, 2.45) is 11.8 Å². The fourth-order valence-electron chi connectivity index (χ4n) is 5.87. The van der Waals surface area contributed by atoms with Gasteiger partial charge in [-0.2, -0.15) is 72.5 Å². The fraction of sp³-hybridized carbons (Fsp3) is 0.421. The first-order valence-corrected chi connectivity index (χ1v) is 14.8. The maximum atomic E-state index is 3.72. The molecule has 2 saturated carbocycles. The van der Waals surface area contributed by atoms with Gasteiger partial charge in [0.15, 0.2) is 0 Å². The zero-order valence-electron chi connectivity index (χ0n) is 24.5. The van der Waals surface area contributed by atoms with Gasteiger partial charge in [-0.15, -0.1) is 37.1 Å². The monoisotopic (exact) mass is 594 g/mol. The second kappa shape index (κ2) is 19.2. The van der Waals surface area contributed by atoms with E-state index < -0.39 is 0 Å². The minimum Gasteiger partial charge on any atom is -0.269 e. The number of rotatable bonds is 2. The van der Waals surface area contributed by atoms with Crippen molar-refractivity contribution < 1.29 is 26.2 Å². The van der Waals surface area contributed by atoms with Gasteiger partial charge >= 0.3 is 26.2 Å². The molecule has 0 aliphatic heterocycles. The normalized spacial score (nSPS) is 18.7. The predicted octanol–water partition coefficient (Wildman–Crippen LogP) is 11.0. The third kappa shape index (κ3) is 12.4. The summed E-state index contributed by atoms with van der Waals surface area (Å²) < 4.78 is 0. The van der Waals surface area contributed by atoms with Crippen LogP contribution in [0.15, 0.2) is 95.1 Å². The summed E-state index contributed by atoms with van der Waals surface area (Å²) in [7, 11) is 0. The summed E-state index contributed by atoms with van der Waals surface area (Å²) in [5.41, 5.74) is 8.25. The Morgan fingerprint density at radius 3 is 1.10 bits per heavy atom. The Kier molecular flexibility index (Phi) is 16.3. The van der Waals surface area contributed by atoms with Crippen molar-refractivity contribution in [2.45, 2.75) is 90.9 Å². The summed E-state index contributed by atoms with van der Waals surface area (Å²) >= 11 is 0. The average molecular weight is 596 g/mol. The van der Waals surface area contributed by atoms with Crippen molar-refractivity contribution in [3.05, 3.63) is 132 Å². The van der Waals surface area contributed by atoms with Gasteiger partial charge in [0.2, 0.25) is 0 Å². The molecule has 1 heteroatoms. The van der Waals surface area contributed by atoms with Crippen LogP contribution in [-0.4, -0.2) is 0 Å². The van der Waals surface area contributed by atoms with Gasteiger partial charge in [-0.05, 0) is 0 Å². The third-order valence-corrected chi connectivity index (χ3v) is 8.02. The summed E-state index contributed by atoms with van der Waals surface area (Å²) in [5, 5.41) is 0. The van der Waals surface area contributed by atoms with Crippen LogP contribution in [0.3, 0.4) is 0 Å². The van der Waals surface area contributed by atoms with Crippen LogP contribution in [0.5, 0.6) is 0 Å². The molecule has 0 atom stereocenters. The van der Waals surface area contributed by atoms with Crippen molar-refractivity contribution >= 4 is 0 Å². The van der Waals surface area contributed by atoms with Crippen LogP contribution in [0.1, 0.15) is 102 Å². The Hall–Kier alpha value is -1.98. The van der Waals surface area contributed by atoms with Crippen LogP contribution in [0.2, 0.25) is 0 Å². The van der Waals surface area contributed by atoms with Crippen LogP contribution < -0.4 is 0 Å². The average Bonchev–Trinajstić information content (AvgIpc) is 3.59. The van der Waals surface area contributed by atoms with Crippen molar-refractivity contribution in [3.63, 3.8) is 0 Å². The zero-order chi connectivity index (χ0) is 27.0. The maximum Gasteiger partial charge on any atom is 4.00 e. The Morgan fingerprint density at radius 1 is 0.538 bits per heavy atom. The smallest absolute Gasteiger partial charge is 0.269 e. The van der Waals surface area contributed by atoms with Gasteiger partial charge < -0.3 is 0 Å². The Balaban J connectivity index is 0.000000187. The zero-order valence-corrected chi connectivity index (χ0v) is 26.9. The summed E-state index contributed by atoms with van der Waals surface area (Å²) in [5.74, 6) is 1.77. The van der Waals surface area contributed by atoms with Gasteiger partial charge in [-0.1, -0.05) is 102 Å². The van der Waals surface area contributed by atoms with Crippen molar-refractivity contribution in [1.82, 2.24) is 0 Å². The number of allylic oxidation sites excluding steroid dienone is 8. The molecule has 2 fully saturated rings. The molecule has 6 rings (SSSR count). The molecular weight excluding hydrogens is 548 g/mol. The second-order valence-corrected chi connectivity index (χ2v) is 11.0. The molecule has 0 N–H and O–H groups in total. The molecule has 0 amide bonds. The van der Waals surface area contributed by atoms with Gasteiger partial charge in [-0.25, -0.2) is 11.1 Å². The quantitative estimate of drug-likeness (QED) is 0.303. The fourth-order valence-corrected chi connectivity index (χ4v) is 5.87. The molecule has 0 spiro atoms. The largest absolute Gasteiger partial charge is 4.00 e. The van der Waals surface area contributed by atoms with Gasteiger partial charge in [-0.3, -0.25) is 12.2 Å². The van der Waals surface area contributed by atoms with Crippen LogP contribution in [-0.2, 0) is 26.2 Å². The van der Waals surface area contributed by atoms with Crippen LogP contribution in [0.4, 0.5) is 0 Å². The summed E-state index contributed by atoms with van der Waals surface area (Å²) in [4.78, 5) is 0. The van der Waals surface area contributed by atoms with E-state index in [2.05, 4.69) is 52.0 Å². The summed E-state index contributed by atoms with van der Waals surface area (Å²) in [6.07, 6.45) is 28.0. The minimum absolute atomic E-state index is 0. The Labute approximate surface area is 259 Å². The van der Waals surface area contributed by atoms with Gasteiger partial charge in [0.1, 0.15) is 0 Å². The topological polar surface area (TPSA) is 0 Å². The van der Waals surface area contributed by atoms with Crippen LogP contribution >= 0.6 is 0 Å². The SMILES string of the molecule is CC1=[C-]CC=C1C1CCCCC1.CC1=[C-]CC=C1C1CCCCC1.[CH2-]c1ccccc1.[CH2-]c1ccccc1.[Zr+4]. The first kappa shape index (κ1) is 33.2. The van der Waals surface area contributed by atoms with E-state index in [1.165, 1.54) is 75.4 Å². The van der Waals surface area contributed by atoms with Crippen LogP contribution in [0, 0.1) is 37.8 Å². The van der Waals surface area contributed by atoms with Crippen molar-refractivity contribution in [3.8, 4) is 0 Å². The Morgan fingerprint density at radius 2 is 0.872 bits per heavy atom. The van der Waals surface area contributed by atoms with E-state index in [9.17, 15) is 0 Å². The molecule has 0 saturated heterocycles. The maximum absolute atomic E-state index is 3.72. The van der Waals surface area contributed by atoms with Gasteiger partial charge in [0, 0.05) is 0 Å². The van der Waals surface area contributed by atoms with E-state index in [0.717, 1.165) is 35.8 Å². The van der Waals surface area contributed by atoms with E-state index in [-0.39, 0.29) is 26.2 Å². The molecular formula is C38H48Zr. The van der Waals surface area contributed by atoms with Crippen molar-refractivity contribution in [1.29, 1.82) is 0 Å². The minimum atomic E-state index is 0. The number of benzene rings is 2. The number of hydrogen-bond donors (Lipinski definition) is 0. The first-order chi connectivity index (χ1) is 18.5. The van der Waals surface area contributed by atoms with Gasteiger partial charge in [0.25, 0.3) is 0 Å². The molecule has 39 heavy (non-hydrogen) atoms. The van der Waals surface area contributed by atoms with E-state index in [4.69, 9.17) is 0 Å². The van der Waals surface area contributed by atoms with E-state index in [1.54, 1.807) is 11.1 Å². The molecule has 4 aliphatic rings. The van der Waals surface area contributed by atoms with E-state index >= 15 is 0 Å². The molecule has 0 unspecified atom stereocenters. The molecule has 2 aromatic rings. The molecule has 0 heterocycles. The molecule has 0 nitrogen and oxygen atoms in total. The van der Waals surface area contributed by atoms with E-state index in [0.29, 0.717) is 0 Å². The van der Waals surface area contributed by atoms with Crippen LogP contribution in [0.25, 0.3) is 0 Å².